The first-order chi connectivity index (χ1) is 10.7. The van der Waals surface area contributed by atoms with Crippen molar-refractivity contribution in [1.82, 2.24) is 4.90 Å². The highest BCUT2D eigenvalue weighted by atomic mass is 35.5. The summed E-state index contributed by atoms with van der Waals surface area (Å²) in [6.45, 7) is 0.286. The van der Waals surface area contributed by atoms with Gasteiger partial charge in [-0.15, -0.1) is 0 Å². The Morgan fingerprint density at radius 2 is 1.74 bits per heavy atom. The normalized spacial score (nSPS) is 11.3. The third kappa shape index (κ3) is 4.25. The lowest BCUT2D eigenvalue weighted by Gasteiger charge is -2.19. The van der Waals surface area contributed by atoms with Crippen LogP contribution in [0, 0.1) is 0 Å². The monoisotopic (exact) mass is 371 g/mol. The number of carbonyl (C=O) groups excluding carboxylic acids is 1. The van der Waals surface area contributed by atoms with Crippen molar-refractivity contribution in [1.29, 1.82) is 0 Å². The van der Waals surface area contributed by atoms with Crippen molar-refractivity contribution in [2.75, 3.05) is 13.3 Å². The molecule has 0 radical (unpaired) electrons. The van der Waals surface area contributed by atoms with Crippen LogP contribution in [-0.2, 0) is 16.4 Å². The number of nitrogens with zero attached hydrogens (tertiary/aromatic N) is 1. The number of hydrogen-bond donors (Lipinski definition) is 0. The highest BCUT2D eigenvalue weighted by Gasteiger charge is 2.21. The first-order valence-corrected chi connectivity index (χ1v) is 9.33. The topological polar surface area (TPSA) is 54.5 Å². The van der Waals surface area contributed by atoms with E-state index in [2.05, 4.69) is 0 Å². The summed E-state index contributed by atoms with van der Waals surface area (Å²) in [4.78, 5) is 14.0. The summed E-state index contributed by atoms with van der Waals surface area (Å²) in [7, 11) is -1.88. The summed E-state index contributed by atoms with van der Waals surface area (Å²) in [5, 5.41) is 0.841. The molecule has 7 heteroatoms. The van der Waals surface area contributed by atoms with E-state index in [1.54, 1.807) is 37.4 Å². The standard InChI is InChI=1S/C16H15Cl2NO3S/c1-19(10-11-7-8-13(17)14(18)9-11)16(20)12-5-3-4-6-15(12)23(2,21)22/h3-9H,10H2,1-2H3. The highest BCUT2D eigenvalue weighted by molar-refractivity contribution is 7.90. The van der Waals surface area contributed by atoms with Crippen molar-refractivity contribution in [3.8, 4) is 0 Å². The molecule has 23 heavy (non-hydrogen) atoms. The molecule has 0 spiro atoms. The summed E-state index contributed by atoms with van der Waals surface area (Å²) < 4.78 is 23.6. The van der Waals surface area contributed by atoms with Crippen LogP contribution in [0.1, 0.15) is 15.9 Å². The molecule has 2 aromatic rings. The Labute approximate surface area is 145 Å². The molecule has 2 rings (SSSR count). The molecule has 0 fully saturated rings. The molecule has 0 saturated heterocycles. The average Bonchev–Trinajstić information content (AvgIpc) is 2.49. The van der Waals surface area contributed by atoms with Crippen LogP contribution in [0.25, 0.3) is 0 Å². The Balaban J connectivity index is 2.29. The minimum atomic E-state index is -3.48. The van der Waals surface area contributed by atoms with Gasteiger partial charge in [0.15, 0.2) is 9.84 Å². The van der Waals surface area contributed by atoms with Gasteiger partial charge in [-0.05, 0) is 29.8 Å². The summed E-state index contributed by atoms with van der Waals surface area (Å²) in [6.07, 6.45) is 1.08. The van der Waals surface area contributed by atoms with Crippen LogP contribution in [0.2, 0.25) is 10.0 Å². The van der Waals surface area contributed by atoms with E-state index in [1.807, 2.05) is 0 Å². The van der Waals surface area contributed by atoms with Gasteiger partial charge >= 0.3 is 0 Å². The quantitative estimate of drug-likeness (QED) is 0.823. The molecule has 0 heterocycles. The van der Waals surface area contributed by atoms with Gasteiger partial charge in [0.1, 0.15) is 0 Å². The van der Waals surface area contributed by atoms with Gasteiger partial charge in [-0.1, -0.05) is 41.4 Å². The molecule has 0 saturated carbocycles. The van der Waals surface area contributed by atoms with Crippen molar-refractivity contribution >= 4 is 38.9 Å². The molecule has 0 aliphatic rings. The summed E-state index contributed by atoms with van der Waals surface area (Å²) in [5.41, 5.74) is 0.949. The van der Waals surface area contributed by atoms with E-state index in [0.717, 1.165) is 11.8 Å². The molecule has 0 atom stereocenters. The Bertz CT molecular complexity index is 850. The molecule has 0 aliphatic carbocycles. The van der Waals surface area contributed by atoms with Crippen LogP contribution in [0.15, 0.2) is 47.4 Å². The van der Waals surface area contributed by atoms with Crippen molar-refractivity contribution in [2.24, 2.45) is 0 Å². The lowest BCUT2D eigenvalue weighted by Crippen LogP contribution is -2.27. The van der Waals surface area contributed by atoms with Crippen LogP contribution < -0.4 is 0 Å². The third-order valence-corrected chi connectivity index (χ3v) is 5.16. The molecular weight excluding hydrogens is 357 g/mol. The molecule has 0 unspecified atom stereocenters. The zero-order valence-corrected chi connectivity index (χ0v) is 14.9. The van der Waals surface area contributed by atoms with Gasteiger partial charge in [-0.2, -0.15) is 0 Å². The molecule has 1 amide bonds. The maximum Gasteiger partial charge on any atom is 0.255 e. The van der Waals surface area contributed by atoms with Crippen LogP contribution in [0.5, 0.6) is 0 Å². The van der Waals surface area contributed by atoms with E-state index >= 15 is 0 Å². The predicted octanol–water partition coefficient (Wildman–Crippen LogP) is 3.67. The second-order valence-corrected chi connectivity index (χ2v) is 7.98. The SMILES string of the molecule is CN(Cc1ccc(Cl)c(Cl)c1)C(=O)c1ccccc1S(C)(=O)=O. The molecule has 0 bridgehead atoms. The van der Waals surface area contributed by atoms with Crippen LogP contribution in [0.3, 0.4) is 0 Å². The number of halogens is 2. The Hall–Kier alpha value is -1.56. The predicted molar refractivity (Wildman–Crippen MR) is 91.8 cm³/mol. The second kappa shape index (κ2) is 6.91. The van der Waals surface area contributed by atoms with Gasteiger partial charge in [-0.3, -0.25) is 4.79 Å². The van der Waals surface area contributed by atoms with E-state index in [1.165, 1.54) is 17.0 Å². The molecule has 4 nitrogen and oxygen atoms in total. The summed E-state index contributed by atoms with van der Waals surface area (Å²) in [6, 6.07) is 11.2. The van der Waals surface area contributed by atoms with E-state index in [0.29, 0.717) is 10.0 Å². The largest absolute Gasteiger partial charge is 0.337 e. The molecule has 2 aromatic carbocycles. The lowest BCUT2D eigenvalue weighted by molar-refractivity contribution is 0.0781. The third-order valence-electron chi connectivity index (χ3n) is 3.27. The van der Waals surface area contributed by atoms with E-state index < -0.39 is 9.84 Å². The first kappa shape index (κ1) is 17.8. The van der Waals surface area contributed by atoms with E-state index in [-0.39, 0.29) is 22.9 Å². The number of hydrogen-bond acceptors (Lipinski definition) is 3. The Morgan fingerprint density at radius 3 is 2.35 bits per heavy atom. The molecule has 0 aromatic heterocycles. The fourth-order valence-corrected chi connectivity index (χ4v) is 3.36. The first-order valence-electron chi connectivity index (χ1n) is 6.68. The molecule has 122 valence electrons. The van der Waals surface area contributed by atoms with Gasteiger partial charge in [-0.25, -0.2) is 8.42 Å². The Kier molecular flexibility index (Phi) is 5.34. The van der Waals surface area contributed by atoms with Gasteiger partial charge in [0.05, 0.1) is 20.5 Å². The Morgan fingerprint density at radius 1 is 1.09 bits per heavy atom. The molecule has 0 N–H and O–H groups in total. The highest BCUT2D eigenvalue weighted by Crippen LogP contribution is 2.24. The zero-order chi connectivity index (χ0) is 17.2. The van der Waals surface area contributed by atoms with Crippen LogP contribution >= 0.6 is 23.2 Å². The minimum Gasteiger partial charge on any atom is -0.337 e. The smallest absolute Gasteiger partial charge is 0.255 e. The van der Waals surface area contributed by atoms with Crippen molar-refractivity contribution in [3.05, 3.63) is 63.6 Å². The van der Waals surface area contributed by atoms with Gasteiger partial charge in [0, 0.05) is 19.8 Å². The number of sulfone groups is 1. The number of rotatable bonds is 4. The maximum atomic E-state index is 12.6. The van der Waals surface area contributed by atoms with E-state index in [4.69, 9.17) is 23.2 Å². The van der Waals surface area contributed by atoms with Gasteiger partial charge in [0.25, 0.3) is 5.91 Å². The van der Waals surface area contributed by atoms with E-state index in [9.17, 15) is 13.2 Å². The maximum absolute atomic E-state index is 12.6. The fraction of sp³-hybridized carbons (Fsp3) is 0.188. The number of carbonyl (C=O) groups is 1. The second-order valence-electron chi connectivity index (χ2n) is 5.18. The van der Waals surface area contributed by atoms with Gasteiger partial charge < -0.3 is 4.90 Å². The van der Waals surface area contributed by atoms with Crippen molar-refractivity contribution in [3.63, 3.8) is 0 Å². The number of benzene rings is 2. The summed E-state index contributed by atoms with van der Waals surface area (Å²) >= 11 is 11.8. The average molecular weight is 372 g/mol. The van der Waals surface area contributed by atoms with Crippen LogP contribution in [-0.4, -0.2) is 32.5 Å². The van der Waals surface area contributed by atoms with Crippen molar-refractivity contribution < 1.29 is 13.2 Å². The van der Waals surface area contributed by atoms with Crippen molar-refractivity contribution in [2.45, 2.75) is 11.4 Å². The van der Waals surface area contributed by atoms with Crippen LogP contribution in [0.4, 0.5) is 0 Å². The molecule has 0 aliphatic heterocycles. The van der Waals surface area contributed by atoms with Gasteiger partial charge in [0.2, 0.25) is 0 Å². The zero-order valence-electron chi connectivity index (χ0n) is 12.6. The number of amides is 1. The minimum absolute atomic E-state index is 0.0194. The fourth-order valence-electron chi connectivity index (χ4n) is 2.16. The summed E-state index contributed by atoms with van der Waals surface area (Å²) in [5.74, 6) is -0.378. The lowest BCUT2D eigenvalue weighted by atomic mass is 10.1. The molecular formula is C16H15Cl2NO3S.